The van der Waals surface area contributed by atoms with Crippen LogP contribution in [-0.4, -0.2) is 40.0 Å². The summed E-state index contributed by atoms with van der Waals surface area (Å²) in [6, 6.07) is 4.98. The largest absolute Gasteiger partial charge is 0.458 e. The standard InChI is InChI=1S/C19H21N3O5S/c1-12-5-2-3-7-19(12)17(24)22(18(25)20-19)10-16(23)26-11-13-9-14(27-21-13)15-6-4-8-28-15/h4,6,8-9,12H,2-3,5,7,10-11H2,1H3,(H,20,25)/t12-,19-/m1/s1. The maximum Gasteiger partial charge on any atom is 0.326 e. The maximum absolute atomic E-state index is 12.9. The number of rotatable bonds is 5. The van der Waals surface area contributed by atoms with E-state index in [-0.39, 0.29) is 18.4 Å². The van der Waals surface area contributed by atoms with E-state index < -0.39 is 24.1 Å². The van der Waals surface area contributed by atoms with Gasteiger partial charge < -0.3 is 14.6 Å². The van der Waals surface area contributed by atoms with Crippen molar-refractivity contribution < 1.29 is 23.6 Å². The molecule has 148 valence electrons. The zero-order chi connectivity index (χ0) is 19.7. The smallest absolute Gasteiger partial charge is 0.326 e. The number of hydrogen-bond donors (Lipinski definition) is 1. The van der Waals surface area contributed by atoms with Crippen molar-refractivity contribution in [3.63, 3.8) is 0 Å². The lowest BCUT2D eigenvalue weighted by Gasteiger charge is -2.36. The van der Waals surface area contributed by atoms with Gasteiger partial charge in [0.15, 0.2) is 5.76 Å². The van der Waals surface area contributed by atoms with Crippen molar-refractivity contribution in [2.45, 2.75) is 44.8 Å². The Balaban J connectivity index is 1.35. The van der Waals surface area contributed by atoms with Gasteiger partial charge in [0.2, 0.25) is 0 Å². The number of nitrogens with zero attached hydrogens (tertiary/aromatic N) is 2. The van der Waals surface area contributed by atoms with Crippen molar-refractivity contribution in [3.05, 3.63) is 29.3 Å². The van der Waals surface area contributed by atoms with Gasteiger partial charge in [0, 0.05) is 6.07 Å². The second-order valence-electron chi connectivity index (χ2n) is 7.26. The minimum Gasteiger partial charge on any atom is -0.458 e. The average molecular weight is 403 g/mol. The number of carbonyl (C=O) groups is 3. The second-order valence-corrected chi connectivity index (χ2v) is 8.21. The summed E-state index contributed by atoms with van der Waals surface area (Å²) in [6.07, 6.45) is 3.41. The molecule has 1 saturated heterocycles. The Morgan fingerprint density at radius 2 is 2.32 bits per heavy atom. The molecule has 1 aliphatic heterocycles. The number of ether oxygens (including phenoxy) is 1. The highest BCUT2D eigenvalue weighted by atomic mass is 32.1. The van der Waals surface area contributed by atoms with Crippen LogP contribution in [0.3, 0.4) is 0 Å². The molecule has 0 unspecified atom stereocenters. The van der Waals surface area contributed by atoms with E-state index in [4.69, 9.17) is 9.26 Å². The number of thiophene rings is 1. The summed E-state index contributed by atoms with van der Waals surface area (Å²) >= 11 is 1.52. The fourth-order valence-electron chi connectivity index (χ4n) is 3.88. The van der Waals surface area contributed by atoms with Crippen LogP contribution in [0, 0.1) is 5.92 Å². The van der Waals surface area contributed by atoms with Crippen LogP contribution in [0.4, 0.5) is 4.79 Å². The summed E-state index contributed by atoms with van der Waals surface area (Å²) in [7, 11) is 0. The molecule has 28 heavy (non-hydrogen) atoms. The number of nitrogens with one attached hydrogen (secondary N) is 1. The molecule has 3 amide bonds. The Bertz CT molecular complexity index is 893. The lowest BCUT2D eigenvalue weighted by molar-refractivity contribution is -0.149. The third kappa shape index (κ3) is 3.30. The minimum absolute atomic E-state index is 0.0459. The van der Waals surface area contributed by atoms with Gasteiger partial charge in [-0.3, -0.25) is 14.5 Å². The first-order valence-corrected chi connectivity index (χ1v) is 10.2. The zero-order valence-corrected chi connectivity index (χ0v) is 16.3. The predicted molar refractivity (Wildman–Crippen MR) is 100 cm³/mol. The molecule has 2 aromatic rings. The number of imide groups is 1. The molecule has 4 rings (SSSR count). The second kappa shape index (κ2) is 7.38. The van der Waals surface area contributed by atoms with E-state index >= 15 is 0 Å². The van der Waals surface area contributed by atoms with Crippen molar-refractivity contribution in [3.8, 4) is 10.6 Å². The van der Waals surface area contributed by atoms with Crippen LogP contribution < -0.4 is 5.32 Å². The van der Waals surface area contributed by atoms with Crippen LogP contribution in [-0.2, 0) is 20.9 Å². The SMILES string of the molecule is C[C@@H]1CCCC[C@@]12NC(=O)N(CC(=O)OCc1cc(-c3cccs3)on1)C2=O. The molecule has 1 N–H and O–H groups in total. The van der Waals surface area contributed by atoms with Crippen LogP contribution in [0.1, 0.15) is 38.3 Å². The zero-order valence-electron chi connectivity index (χ0n) is 15.5. The molecule has 2 fully saturated rings. The number of aromatic nitrogens is 1. The Morgan fingerprint density at radius 1 is 1.46 bits per heavy atom. The van der Waals surface area contributed by atoms with E-state index in [1.165, 1.54) is 11.3 Å². The first-order valence-electron chi connectivity index (χ1n) is 9.29. The summed E-state index contributed by atoms with van der Waals surface area (Å²) in [5.41, 5.74) is -0.413. The molecule has 1 aliphatic carbocycles. The molecule has 0 radical (unpaired) electrons. The Labute approximate surface area is 165 Å². The molecule has 3 heterocycles. The number of hydrogen-bond acceptors (Lipinski definition) is 7. The van der Waals surface area contributed by atoms with Gasteiger partial charge in [0.05, 0.1) is 4.88 Å². The number of esters is 1. The van der Waals surface area contributed by atoms with Crippen LogP contribution in [0.5, 0.6) is 0 Å². The average Bonchev–Trinajstić information content (AvgIpc) is 3.40. The highest BCUT2D eigenvalue weighted by Crippen LogP contribution is 2.38. The first-order chi connectivity index (χ1) is 13.5. The van der Waals surface area contributed by atoms with E-state index in [1.54, 1.807) is 6.07 Å². The molecular formula is C19H21N3O5S. The summed E-state index contributed by atoms with van der Waals surface area (Å²) in [6.45, 7) is 1.47. The van der Waals surface area contributed by atoms with Crippen molar-refractivity contribution in [2.75, 3.05) is 6.54 Å². The molecular weight excluding hydrogens is 382 g/mol. The van der Waals surface area contributed by atoms with E-state index in [0.717, 1.165) is 29.0 Å². The van der Waals surface area contributed by atoms with Crippen LogP contribution >= 0.6 is 11.3 Å². The monoisotopic (exact) mass is 403 g/mol. The highest BCUT2D eigenvalue weighted by Gasteiger charge is 2.55. The number of urea groups is 1. The molecule has 1 saturated carbocycles. The van der Waals surface area contributed by atoms with Crippen LogP contribution in [0.15, 0.2) is 28.1 Å². The highest BCUT2D eigenvalue weighted by molar-refractivity contribution is 7.13. The summed E-state index contributed by atoms with van der Waals surface area (Å²) in [5, 5.41) is 8.63. The summed E-state index contributed by atoms with van der Waals surface area (Å²) < 4.78 is 10.4. The lowest BCUT2D eigenvalue weighted by Crippen LogP contribution is -2.54. The molecule has 2 aromatic heterocycles. The van der Waals surface area contributed by atoms with Crippen LogP contribution in [0.25, 0.3) is 10.6 Å². The lowest BCUT2D eigenvalue weighted by atomic mass is 9.73. The molecule has 0 bridgehead atoms. The minimum atomic E-state index is -0.878. The van der Waals surface area contributed by atoms with Crippen molar-refractivity contribution in [2.24, 2.45) is 5.92 Å². The third-order valence-electron chi connectivity index (χ3n) is 5.49. The molecule has 9 heteroatoms. The number of carbonyl (C=O) groups excluding carboxylic acids is 3. The first kappa shape index (κ1) is 18.7. The quantitative estimate of drug-likeness (QED) is 0.608. The normalized spacial score (nSPS) is 24.6. The number of amides is 3. The van der Waals surface area contributed by atoms with Gasteiger partial charge in [-0.05, 0) is 30.2 Å². The van der Waals surface area contributed by atoms with Gasteiger partial charge in [-0.25, -0.2) is 4.79 Å². The van der Waals surface area contributed by atoms with Gasteiger partial charge >= 0.3 is 12.0 Å². The van der Waals surface area contributed by atoms with Crippen LogP contribution in [0.2, 0.25) is 0 Å². The van der Waals surface area contributed by atoms with Crippen molar-refractivity contribution in [1.29, 1.82) is 0 Å². The fraction of sp³-hybridized carbons (Fsp3) is 0.474. The van der Waals surface area contributed by atoms with Gasteiger partial charge in [-0.1, -0.05) is 31.0 Å². The molecule has 2 aliphatic rings. The molecule has 8 nitrogen and oxygen atoms in total. The van der Waals surface area contributed by atoms with E-state index in [9.17, 15) is 14.4 Å². The van der Waals surface area contributed by atoms with Crippen molar-refractivity contribution >= 4 is 29.2 Å². The molecule has 2 atom stereocenters. The van der Waals surface area contributed by atoms with Gasteiger partial charge in [0.1, 0.15) is 24.4 Å². The Kier molecular flexibility index (Phi) is 4.92. The topological polar surface area (TPSA) is 102 Å². The van der Waals surface area contributed by atoms with E-state index in [1.807, 2.05) is 24.4 Å². The van der Waals surface area contributed by atoms with Gasteiger partial charge in [0.25, 0.3) is 5.91 Å². The van der Waals surface area contributed by atoms with Crippen molar-refractivity contribution in [1.82, 2.24) is 15.4 Å². The van der Waals surface area contributed by atoms with Gasteiger partial charge in [-0.2, -0.15) is 0 Å². The molecule has 1 spiro atoms. The fourth-order valence-corrected chi connectivity index (χ4v) is 4.56. The Hall–Kier alpha value is -2.68. The summed E-state index contributed by atoms with van der Waals surface area (Å²) in [4.78, 5) is 39.3. The van der Waals surface area contributed by atoms with E-state index in [0.29, 0.717) is 17.9 Å². The predicted octanol–water partition coefficient (Wildman–Crippen LogP) is 2.95. The summed E-state index contributed by atoms with van der Waals surface area (Å²) in [5.74, 6) is -0.347. The van der Waals surface area contributed by atoms with E-state index in [2.05, 4.69) is 10.5 Å². The molecule has 0 aromatic carbocycles. The third-order valence-corrected chi connectivity index (χ3v) is 6.38. The van der Waals surface area contributed by atoms with Gasteiger partial charge in [-0.15, -0.1) is 11.3 Å². The maximum atomic E-state index is 12.9. The Morgan fingerprint density at radius 3 is 3.07 bits per heavy atom.